The van der Waals surface area contributed by atoms with Crippen LogP contribution in [0.25, 0.3) is 0 Å². The number of ether oxygens (including phenoxy) is 3. The molecule has 8 heteroatoms. The van der Waals surface area contributed by atoms with Crippen LogP contribution < -0.4 is 9.47 Å². The Hall–Kier alpha value is -1.96. The van der Waals surface area contributed by atoms with Crippen LogP contribution in [0.5, 0.6) is 11.5 Å². The fourth-order valence-electron chi connectivity index (χ4n) is 2.94. The van der Waals surface area contributed by atoms with Gasteiger partial charge in [0.25, 0.3) is 0 Å². The Morgan fingerprint density at radius 1 is 1.23 bits per heavy atom. The largest absolute Gasteiger partial charge is 0.493 e. The summed E-state index contributed by atoms with van der Waals surface area (Å²) in [6.45, 7) is 3.61. The number of aryl methyl sites for hydroxylation is 1. The van der Waals surface area contributed by atoms with E-state index >= 15 is 0 Å². The first kappa shape index (κ1) is 20.4. The standard InChI is InChI=1S/C18H24F3NO4/c1-12-9-22(10-13(2)26-12)17(23)7-5-14-4-6-15(16(8-14)24-3)25-11-18(19,20)21/h4,6,8,12-13H,5,7,9-11H2,1-3H3/t12-,13-/m1/s1. The van der Waals surface area contributed by atoms with Gasteiger partial charge in [0.1, 0.15) is 0 Å². The van der Waals surface area contributed by atoms with Crippen molar-refractivity contribution in [1.82, 2.24) is 4.90 Å². The van der Waals surface area contributed by atoms with Crippen LogP contribution in [0.1, 0.15) is 25.8 Å². The molecule has 2 atom stereocenters. The van der Waals surface area contributed by atoms with Crippen molar-refractivity contribution in [3.8, 4) is 11.5 Å². The van der Waals surface area contributed by atoms with Gasteiger partial charge in [-0.1, -0.05) is 6.07 Å². The van der Waals surface area contributed by atoms with Gasteiger partial charge in [0.2, 0.25) is 5.91 Å². The van der Waals surface area contributed by atoms with Crippen molar-refractivity contribution in [2.24, 2.45) is 0 Å². The Morgan fingerprint density at radius 2 is 1.88 bits per heavy atom. The van der Waals surface area contributed by atoms with Gasteiger partial charge in [0.05, 0.1) is 19.3 Å². The lowest BCUT2D eigenvalue weighted by atomic mass is 10.1. The van der Waals surface area contributed by atoms with Crippen molar-refractivity contribution in [3.63, 3.8) is 0 Å². The number of carbonyl (C=O) groups is 1. The molecule has 5 nitrogen and oxygen atoms in total. The van der Waals surface area contributed by atoms with E-state index in [1.165, 1.54) is 13.2 Å². The summed E-state index contributed by atoms with van der Waals surface area (Å²) in [7, 11) is 1.36. The molecule has 1 amide bonds. The molecule has 146 valence electrons. The zero-order chi connectivity index (χ0) is 19.3. The number of halogens is 3. The van der Waals surface area contributed by atoms with Crippen molar-refractivity contribution in [2.75, 3.05) is 26.8 Å². The Bertz CT molecular complexity index is 611. The lowest BCUT2D eigenvalue weighted by molar-refractivity contribution is -0.153. The summed E-state index contributed by atoms with van der Waals surface area (Å²) < 4.78 is 52.3. The van der Waals surface area contributed by atoms with Crippen molar-refractivity contribution >= 4 is 5.91 Å². The van der Waals surface area contributed by atoms with E-state index in [0.29, 0.717) is 25.9 Å². The molecule has 0 saturated carbocycles. The number of rotatable bonds is 6. The Morgan fingerprint density at radius 3 is 2.46 bits per heavy atom. The molecule has 0 spiro atoms. The van der Waals surface area contributed by atoms with Gasteiger partial charge in [-0.2, -0.15) is 13.2 Å². The topological polar surface area (TPSA) is 48.0 Å². The van der Waals surface area contributed by atoms with Crippen molar-refractivity contribution in [1.29, 1.82) is 0 Å². The molecule has 0 N–H and O–H groups in total. The number of amides is 1. The van der Waals surface area contributed by atoms with Gasteiger partial charge in [-0.15, -0.1) is 0 Å². The number of nitrogens with zero attached hydrogens (tertiary/aromatic N) is 1. The zero-order valence-corrected chi connectivity index (χ0v) is 15.1. The summed E-state index contributed by atoms with van der Waals surface area (Å²) in [6, 6.07) is 4.68. The van der Waals surface area contributed by atoms with E-state index in [1.807, 2.05) is 13.8 Å². The minimum absolute atomic E-state index is 0.00728. The second-order valence-corrected chi connectivity index (χ2v) is 6.45. The molecule has 0 radical (unpaired) electrons. The van der Waals surface area contributed by atoms with E-state index < -0.39 is 12.8 Å². The van der Waals surface area contributed by atoms with Gasteiger partial charge in [-0.05, 0) is 38.0 Å². The second-order valence-electron chi connectivity index (χ2n) is 6.45. The maximum absolute atomic E-state index is 12.4. The number of carbonyl (C=O) groups excluding carboxylic acids is 1. The van der Waals surface area contributed by atoms with E-state index in [4.69, 9.17) is 14.2 Å². The van der Waals surface area contributed by atoms with Crippen LogP contribution in [0.4, 0.5) is 13.2 Å². The van der Waals surface area contributed by atoms with Gasteiger partial charge in [-0.25, -0.2) is 0 Å². The molecule has 0 bridgehead atoms. The number of hydrogen-bond acceptors (Lipinski definition) is 4. The van der Waals surface area contributed by atoms with Crippen molar-refractivity contribution in [3.05, 3.63) is 23.8 Å². The van der Waals surface area contributed by atoms with E-state index in [2.05, 4.69) is 0 Å². The third-order valence-corrected chi connectivity index (χ3v) is 4.02. The van der Waals surface area contributed by atoms with E-state index in [1.54, 1.807) is 17.0 Å². The highest BCUT2D eigenvalue weighted by Crippen LogP contribution is 2.30. The molecular formula is C18H24F3NO4. The molecular weight excluding hydrogens is 351 g/mol. The Kier molecular flexibility index (Phi) is 6.75. The quantitative estimate of drug-likeness (QED) is 0.766. The summed E-state index contributed by atoms with van der Waals surface area (Å²) in [5.41, 5.74) is 0.795. The van der Waals surface area contributed by atoms with Gasteiger partial charge >= 0.3 is 6.18 Å². The van der Waals surface area contributed by atoms with Crippen molar-refractivity contribution in [2.45, 2.75) is 45.1 Å². The van der Waals surface area contributed by atoms with E-state index in [-0.39, 0.29) is 29.6 Å². The smallest absolute Gasteiger partial charge is 0.422 e. The van der Waals surface area contributed by atoms with Crippen LogP contribution >= 0.6 is 0 Å². The molecule has 1 heterocycles. The molecule has 1 fully saturated rings. The van der Waals surface area contributed by atoms with E-state index in [9.17, 15) is 18.0 Å². The summed E-state index contributed by atoms with van der Waals surface area (Å²) in [6.07, 6.45) is -3.62. The molecule has 0 aliphatic carbocycles. The average molecular weight is 375 g/mol. The fourth-order valence-corrected chi connectivity index (χ4v) is 2.94. The van der Waals surface area contributed by atoms with E-state index in [0.717, 1.165) is 5.56 Å². The molecule has 1 aliphatic heterocycles. The first-order valence-corrected chi connectivity index (χ1v) is 8.47. The van der Waals surface area contributed by atoms with Crippen LogP contribution in [0, 0.1) is 0 Å². The van der Waals surface area contributed by atoms with Crippen LogP contribution in [0.2, 0.25) is 0 Å². The highest BCUT2D eigenvalue weighted by molar-refractivity contribution is 5.76. The maximum atomic E-state index is 12.4. The van der Waals surface area contributed by atoms with Gasteiger partial charge in [0.15, 0.2) is 18.1 Å². The molecule has 2 rings (SSSR count). The van der Waals surface area contributed by atoms with Crippen LogP contribution in [-0.2, 0) is 16.0 Å². The number of hydrogen-bond donors (Lipinski definition) is 0. The molecule has 0 aromatic heterocycles. The Balaban J connectivity index is 1.94. The lowest BCUT2D eigenvalue weighted by Gasteiger charge is -2.35. The first-order chi connectivity index (χ1) is 12.2. The minimum atomic E-state index is -4.41. The molecule has 0 unspecified atom stereocenters. The molecule has 1 aromatic carbocycles. The third-order valence-electron chi connectivity index (χ3n) is 4.02. The lowest BCUT2D eigenvalue weighted by Crippen LogP contribution is -2.48. The average Bonchev–Trinajstić information content (AvgIpc) is 2.56. The number of methoxy groups -OCH3 is 1. The molecule has 1 aliphatic rings. The van der Waals surface area contributed by atoms with Crippen molar-refractivity contribution < 1.29 is 32.2 Å². The van der Waals surface area contributed by atoms with Crippen LogP contribution in [0.15, 0.2) is 18.2 Å². The number of benzene rings is 1. The predicted molar refractivity (Wildman–Crippen MR) is 89.5 cm³/mol. The van der Waals surface area contributed by atoms with Gasteiger partial charge in [-0.3, -0.25) is 4.79 Å². The summed E-state index contributed by atoms with van der Waals surface area (Å²) >= 11 is 0. The monoisotopic (exact) mass is 375 g/mol. The molecule has 26 heavy (non-hydrogen) atoms. The number of alkyl halides is 3. The van der Waals surface area contributed by atoms with Crippen LogP contribution in [-0.4, -0.2) is 56.0 Å². The normalized spacial score (nSPS) is 20.8. The summed E-state index contributed by atoms with van der Waals surface area (Å²) in [5.74, 6) is 0.270. The van der Waals surface area contributed by atoms with Crippen LogP contribution in [0.3, 0.4) is 0 Å². The number of morpholine rings is 1. The summed E-state index contributed by atoms with van der Waals surface area (Å²) in [5, 5.41) is 0. The van der Waals surface area contributed by atoms with Gasteiger partial charge < -0.3 is 19.1 Å². The fraction of sp³-hybridized carbons (Fsp3) is 0.611. The third kappa shape index (κ3) is 6.09. The Labute approximate surface area is 151 Å². The first-order valence-electron chi connectivity index (χ1n) is 8.47. The SMILES string of the molecule is COc1cc(CCC(=O)N2C[C@@H](C)O[C@H](C)C2)ccc1OCC(F)(F)F. The molecule has 1 saturated heterocycles. The second kappa shape index (κ2) is 8.62. The predicted octanol–water partition coefficient (Wildman–Crippen LogP) is 3.20. The van der Waals surface area contributed by atoms with Gasteiger partial charge in [0, 0.05) is 19.5 Å². The maximum Gasteiger partial charge on any atom is 0.422 e. The summed E-state index contributed by atoms with van der Waals surface area (Å²) in [4.78, 5) is 14.2. The highest BCUT2D eigenvalue weighted by Gasteiger charge is 2.29. The molecule has 1 aromatic rings. The zero-order valence-electron chi connectivity index (χ0n) is 15.1. The minimum Gasteiger partial charge on any atom is -0.493 e. The highest BCUT2D eigenvalue weighted by atomic mass is 19.4.